The molecule has 1 rings (SSSR count). The van der Waals surface area contributed by atoms with Gasteiger partial charge >= 0.3 is 0 Å². The van der Waals surface area contributed by atoms with Gasteiger partial charge in [-0.3, -0.25) is 4.79 Å². The second-order valence-electron chi connectivity index (χ2n) is 5.26. The number of amides is 1. The van der Waals surface area contributed by atoms with Crippen LogP contribution in [0.4, 0.5) is 5.69 Å². The second-order valence-corrected chi connectivity index (χ2v) is 5.26. The number of nitrogen functional groups attached to an aromatic ring is 1. The van der Waals surface area contributed by atoms with E-state index in [9.17, 15) is 4.79 Å². The van der Waals surface area contributed by atoms with Crippen molar-refractivity contribution < 1.29 is 4.79 Å². The molecule has 4 heteroatoms. The highest BCUT2D eigenvalue weighted by atomic mass is 16.1. The normalized spacial score (nSPS) is 11.1. The molecule has 0 fully saturated rings. The lowest BCUT2D eigenvalue weighted by atomic mass is 10.1. The first-order valence-electron chi connectivity index (χ1n) is 6.76. The molecule has 1 aromatic carbocycles. The molecule has 0 aliphatic carbocycles. The van der Waals surface area contributed by atoms with Crippen LogP contribution in [0.5, 0.6) is 0 Å². The van der Waals surface area contributed by atoms with E-state index in [0.29, 0.717) is 23.8 Å². The molecule has 0 aromatic heterocycles. The van der Waals surface area contributed by atoms with E-state index in [1.165, 1.54) is 0 Å². The third kappa shape index (κ3) is 4.91. The molecule has 0 saturated carbocycles. The number of aryl methyl sites for hydroxylation is 1. The van der Waals surface area contributed by atoms with Crippen LogP contribution >= 0.6 is 0 Å². The Morgan fingerprint density at radius 2 is 2.11 bits per heavy atom. The number of rotatable bonds is 6. The molecule has 0 radical (unpaired) electrons. The van der Waals surface area contributed by atoms with E-state index in [1.807, 2.05) is 19.1 Å². The number of nitrogens with two attached hydrogens (primary N) is 1. The van der Waals surface area contributed by atoms with Crippen LogP contribution < -0.4 is 11.1 Å². The molecule has 0 saturated heterocycles. The van der Waals surface area contributed by atoms with Gasteiger partial charge in [0, 0.05) is 23.8 Å². The zero-order chi connectivity index (χ0) is 14.4. The third-order valence-electron chi connectivity index (χ3n) is 3.36. The first-order chi connectivity index (χ1) is 8.91. The fourth-order valence-corrected chi connectivity index (χ4v) is 1.77. The summed E-state index contributed by atoms with van der Waals surface area (Å²) >= 11 is 0. The topological polar surface area (TPSA) is 58.4 Å². The summed E-state index contributed by atoms with van der Waals surface area (Å²) in [6.45, 7) is 7.91. The molecule has 0 atom stereocenters. The van der Waals surface area contributed by atoms with Crippen LogP contribution in [0.15, 0.2) is 18.2 Å². The van der Waals surface area contributed by atoms with Crippen molar-refractivity contribution in [1.29, 1.82) is 0 Å². The highest BCUT2D eigenvalue weighted by Gasteiger charge is 2.09. The molecule has 1 aromatic rings. The van der Waals surface area contributed by atoms with Crippen molar-refractivity contribution in [1.82, 2.24) is 10.2 Å². The fraction of sp³-hybridized carbons (Fsp3) is 0.533. The minimum absolute atomic E-state index is 0.0444. The zero-order valence-corrected chi connectivity index (χ0v) is 12.4. The minimum Gasteiger partial charge on any atom is -0.399 e. The summed E-state index contributed by atoms with van der Waals surface area (Å²) in [6, 6.07) is 5.94. The van der Waals surface area contributed by atoms with Gasteiger partial charge in [0.1, 0.15) is 0 Å². The molecule has 0 bridgehead atoms. The molecular formula is C15H25N3O. The number of carbonyl (C=O) groups excluding carboxylic acids is 1. The second kappa shape index (κ2) is 7.14. The van der Waals surface area contributed by atoms with Gasteiger partial charge in [0.25, 0.3) is 5.91 Å². The molecule has 3 N–H and O–H groups in total. The summed E-state index contributed by atoms with van der Waals surface area (Å²) in [4.78, 5) is 14.3. The van der Waals surface area contributed by atoms with E-state index in [4.69, 9.17) is 5.73 Å². The van der Waals surface area contributed by atoms with E-state index in [2.05, 4.69) is 31.1 Å². The number of nitrogens with zero attached hydrogens (tertiary/aromatic N) is 1. The van der Waals surface area contributed by atoms with Gasteiger partial charge < -0.3 is 16.0 Å². The number of nitrogens with one attached hydrogen (secondary N) is 1. The van der Waals surface area contributed by atoms with Crippen LogP contribution in [-0.4, -0.2) is 37.0 Å². The van der Waals surface area contributed by atoms with Crippen molar-refractivity contribution >= 4 is 11.6 Å². The number of hydrogen-bond acceptors (Lipinski definition) is 3. The van der Waals surface area contributed by atoms with Gasteiger partial charge in [-0.2, -0.15) is 0 Å². The maximum absolute atomic E-state index is 12.0. The van der Waals surface area contributed by atoms with Crippen LogP contribution in [0.25, 0.3) is 0 Å². The van der Waals surface area contributed by atoms with Gasteiger partial charge in [-0.25, -0.2) is 0 Å². The number of hydrogen-bond donors (Lipinski definition) is 2. The predicted octanol–water partition coefficient (Wildman–Crippen LogP) is 2.04. The highest BCUT2D eigenvalue weighted by Crippen LogP contribution is 2.12. The van der Waals surface area contributed by atoms with Crippen molar-refractivity contribution in [3.8, 4) is 0 Å². The Kier molecular flexibility index (Phi) is 5.83. The first kappa shape index (κ1) is 15.5. The molecule has 19 heavy (non-hydrogen) atoms. The van der Waals surface area contributed by atoms with E-state index >= 15 is 0 Å². The molecule has 0 spiro atoms. The minimum atomic E-state index is -0.0444. The van der Waals surface area contributed by atoms with Crippen molar-refractivity contribution in [2.45, 2.75) is 33.2 Å². The van der Waals surface area contributed by atoms with Gasteiger partial charge in [-0.1, -0.05) is 6.07 Å². The molecule has 4 nitrogen and oxygen atoms in total. The molecule has 0 aliphatic rings. The molecule has 0 heterocycles. The lowest BCUT2D eigenvalue weighted by molar-refractivity contribution is 0.0951. The first-order valence-corrected chi connectivity index (χ1v) is 6.76. The summed E-state index contributed by atoms with van der Waals surface area (Å²) in [5.41, 5.74) is 7.94. The van der Waals surface area contributed by atoms with Gasteiger partial charge in [-0.15, -0.1) is 0 Å². The quantitative estimate of drug-likeness (QED) is 0.610. The van der Waals surface area contributed by atoms with Crippen molar-refractivity contribution in [3.63, 3.8) is 0 Å². The van der Waals surface area contributed by atoms with Gasteiger partial charge in [-0.05, 0) is 58.5 Å². The molecule has 0 aliphatic heterocycles. The van der Waals surface area contributed by atoms with Gasteiger partial charge in [0.15, 0.2) is 0 Å². The standard InChI is InChI=1S/C15H25N3O/c1-11(2)18(4)9-5-8-17-15(19)14-10-13(16)7-6-12(14)3/h6-7,10-11H,5,8-9,16H2,1-4H3,(H,17,19). The molecular weight excluding hydrogens is 238 g/mol. The van der Waals surface area contributed by atoms with Crippen LogP contribution in [-0.2, 0) is 0 Å². The number of carbonyl (C=O) groups is 1. The predicted molar refractivity (Wildman–Crippen MR) is 80.3 cm³/mol. The third-order valence-corrected chi connectivity index (χ3v) is 3.36. The van der Waals surface area contributed by atoms with Crippen molar-refractivity contribution in [3.05, 3.63) is 29.3 Å². The monoisotopic (exact) mass is 263 g/mol. The Morgan fingerprint density at radius 3 is 2.74 bits per heavy atom. The maximum Gasteiger partial charge on any atom is 0.251 e. The van der Waals surface area contributed by atoms with E-state index in [1.54, 1.807) is 6.07 Å². The highest BCUT2D eigenvalue weighted by molar-refractivity contribution is 5.96. The summed E-state index contributed by atoms with van der Waals surface area (Å²) in [6.07, 6.45) is 0.946. The molecule has 106 valence electrons. The zero-order valence-electron chi connectivity index (χ0n) is 12.4. The van der Waals surface area contributed by atoms with Crippen LogP contribution in [0.1, 0.15) is 36.2 Å². The fourth-order valence-electron chi connectivity index (χ4n) is 1.77. The van der Waals surface area contributed by atoms with Crippen molar-refractivity contribution in [2.24, 2.45) is 0 Å². The largest absolute Gasteiger partial charge is 0.399 e. The smallest absolute Gasteiger partial charge is 0.251 e. The Balaban J connectivity index is 2.41. The average molecular weight is 263 g/mol. The average Bonchev–Trinajstić information content (AvgIpc) is 2.36. The molecule has 1 amide bonds. The Bertz CT molecular complexity index is 429. The van der Waals surface area contributed by atoms with Gasteiger partial charge in [0.2, 0.25) is 0 Å². The van der Waals surface area contributed by atoms with Crippen LogP contribution in [0, 0.1) is 6.92 Å². The Labute approximate surface area is 116 Å². The molecule has 0 unspecified atom stereocenters. The Morgan fingerprint density at radius 1 is 1.42 bits per heavy atom. The van der Waals surface area contributed by atoms with Gasteiger partial charge in [0.05, 0.1) is 0 Å². The van der Waals surface area contributed by atoms with E-state index in [-0.39, 0.29) is 5.91 Å². The van der Waals surface area contributed by atoms with E-state index < -0.39 is 0 Å². The maximum atomic E-state index is 12.0. The van der Waals surface area contributed by atoms with Crippen molar-refractivity contribution in [2.75, 3.05) is 25.9 Å². The lowest BCUT2D eigenvalue weighted by Crippen LogP contribution is -2.31. The summed E-state index contributed by atoms with van der Waals surface area (Å²) in [7, 11) is 2.09. The summed E-state index contributed by atoms with van der Waals surface area (Å²) < 4.78 is 0. The summed E-state index contributed by atoms with van der Waals surface area (Å²) in [5.74, 6) is -0.0444. The van der Waals surface area contributed by atoms with Crippen LogP contribution in [0.3, 0.4) is 0 Å². The van der Waals surface area contributed by atoms with E-state index in [0.717, 1.165) is 18.5 Å². The number of anilines is 1. The lowest BCUT2D eigenvalue weighted by Gasteiger charge is -2.20. The Hall–Kier alpha value is -1.55. The SMILES string of the molecule is Cc1ccc(N)cc1C(=O)NCCCN(C)C(C)C. The summed E-state index contributed by atoms with van der Waals surface area (Å²) in [5, 5.41) is 2.94. The number of benzene rings is 1. The van der Waals surface area contributed by atoms with Crippen LogP contribution in [0.2, 0.25) is 0 Å².